The molecule has 0 aliphatic heterocycles. The van der Waals surface area contributed by atoms with Crippen LogP contribution >= 0.6 is 0 Å². The van der Waals surface area contributed by atoms with Gasteiger partial charge in [0.25, 0.3) is 0 Å². The molecule has 4 nitrogen and oxygen atoms in total. The molecule has 0 radical (unpaired) electrons. The van der Waals surface area contributed by atoms with Crippen LogP contribution < -0.4 is 0 Å². The van der Waals surface area contributed by atoms with E-state index in [0.717, 1.165) is 25.7 Å². The van der Waals surface area contributed by atoms with E-state index in [-0.39, 0.29) is 0 Å². The summed E-state index contributed by atoms with van der Waals surface area (Å²) in [5.41, 5.74) is 0.699. The molecule has 32 heavy (non-hydrogen) atoms. The van der Waals surface area contributed by atoms with Crippen LogP contribution in [0.4, 0.5) is 0 Å². The molecule has 0 fully saturated rings. The van der Waals surface area contributed by atoms with Crippen molar-refractivity contribution in [2.75, 3.05) is 0 Å². The molecule has 0 heterocycles. The largest absolute Gasteiger partial charge is 0.478 e. The second kappa shape index (κ2) is 25.7. The highest BCUT2D eigenvalue weighted by Crippen LogP contribution is 2.13. The van der Waals surface area contributed by atoms with Crippen molar-refractivity contribution in [1.29, 1.82) is 0 Å². The maximum atomic E-state index is 10.5. The van der Waals surface area contributed by atoms with Gasteiger partial charge in [0.1, 0.15) is 0 Å². The average Bonchev–Trinajstić information content (AvgIpc) is 2.76. The van der Waals surface area contributed by atoms with Crippen molar-refractivity contribution in [1.82, 2.24) is 0 Å². The van der Waals surface area contributed by atoms with E-state index in [2.05, 4.69) is 27.0 Å². The van der Waals surface area contributed by atoms with Crippen LogP contribution in [0.15, 0.2) is 24.3 Å². The molecule has 0 aliphatic carbocycles. The highest BCUT2D eigenvalue weighted by Gasteiger charge is 2.03. The van der Waals surface area contributed by atoms with E-state index in [1.54, 1.807) is 0 Å². The minimum Gasteiger partial charge on any atom is -0.478 e. The van der Waals surface area contributed by atoms with E-state index in [4.69, 9.17) is 10.2 Å². The fourth-order valence-electron chi connectivity index (χ4n) is 3.51. The minimum atomic E-state index is -0.851. The molecular weight excluding hydrogens is 400 g/mol. The maximum absolute atomic E-state index is 10.5. The van der Waals surface area contributed by atoms with Crippen LogP contribution in [0.3, 0.4) is 0 Å². The summed E-state index contributed by atoms with van der Waals surface area (Å²) in [4.78, 5) is 20.9. The molecule has 0 saturated heterocycles. The van der Waals surface area contributed by atoms with Crippen molar-refractivity contribution < 1.29 is 19.8 Å². The van der Waals surface area contributed by atoms with E-state index in [0.29, 0.717) is 24.0 Å². The van der Waals surface area contributed by atoms with Crippen LogP contribution in [0.1, 0.15) is 142 Å². The highest BCUT2D eigenvalue weighted by molar-refractivity contribution is 5.85. The number of unbranched alkanes of at least 4 members (excludes halogenated alkanes) is 16. The van der Waals surface area contributed by atoms with Crippen molar-refractivity contribution in [2.45, 2.75) is 142 Å². The normalized spacial score (nSPS) is 10.3. The molecule has 0 aromatic carbocycles. The predicted molar refractivity (Wildman–Crippen MR) is 137 cm³/mol. The SMILES string of the molecule is C=C(CCCCCCCCC)C(=O)O.C=C(CCCCCCCCCCCCC)C(=O)O. The minimum absolute atomic E-state index is 0.346. The Morgan fingerprint density at radius 3 is 0.906 bits per heavy atom. The summed E-state index contributed by atoms with van der Waals surface area (Å²) >= 11 is 0. The summed E-state index contributed by atoms with van der Waals surface area (Å²) in [6, 6.07) is 0. The highest BCUT2D eigenvalue weighted by atomic mass is 16.4. The molecular formula is C28H52O4. The van der Waals surface area contributed by atoms with Crippen LogP contribution in [0.25, 0.3) is 0 Å². The Kier molecular flexibility index (Phi) is 26.2. The third-order valence-electron chi connectivity index (χ3n) is 5.77. The van der Waals surface area contributed by atoms with Crippen molar-refractivity contribution in [3.63, 3.8) is 0 Å². The molecule has 0 aromatic rings. The number of carbonyl (C=O) groups is 2. The topological polar surface area (TPSA) is 74.6 Å². The summed E-state index contributed by atoms with van der Waals surface area (Å²) in [7, 11) is 0. The molecule has 2 N–H and O–H groups in total. The number of carboxylic acid groups (broad SMARTS) is 2. The molecule has 0 spiro atoms. The molecule has 0 atom stereocenters. The number of hydrogen-bond donors (Lipinski definition) is 2. The third-order valence-corrected chi connectivity index (χ3v) is 5.77. The molecule has 4 heteroatoms. The summed E-state index contributed by atoms with van der Waals surface area (Å²) in [5.74, 6) is -1.70. The fourth-order valence-corrected chi connectivity index (χ4v) is 3.51. The number of carboxylic acids is 2. The zero-order chi connectivity index (χ0) is 24.5. The van der Waals surface area contributed by atoms with E-state index in [1.807, 2.05) is 0 Å². The average molecular weight is 453 g/mol. The van der Waals surface area contributed by atoms with Gasteiger partial charge in [-0.25, -0.2) is 9.59 Å². The Labute approximate surface area is 198 Å². The first kappa shape index (κ1) is 32.6. The van der Waals surface area contributed by atoms with Gasteiger partial charge in [-0.3, -0.25) is 0 Å². The smallest absolute Gasteiger partial charge is 0.330 e. The van der Waals surface area contributed by atoms with Gasteiger partial charge in [-0.05, 0) is 25.7 Å². The second-order valence-electron chi connectivity index (χ2n) is 8.97. The van der Waals surface area contributed by atoms with Gasteiger partial charge < -0.3 is 10.2 Å². The lowest BCUT2D eigenvalue weighted by Crippen LogP contribution is -1.98. The third kappa shape index (κ3) is 26.5. The summed E-state index contributed by atoms with van der Waals surface area (Å²) in [5, 5.41) is 17.2. The van der Waals surface area contributed by atoms with Crippen LogP contribution in [0.5, 0.6) is 0 Å². The Balaban J connectivity index is 0. The predicted octanol–water partition coefficient (Wildman–Crippen LogP) is 9.10. The molecule has 0 bridgehead atoms. The number of hydrogen-bond acceptors (Lipinski definition) is 2. The van der Waals surface area contributed by atoms with E-state index in [9.17, 15) is 9.59 Å². The lowest BCUT2D eigenvalue weighted by molar-refractivity contribution is -0.133. The van der Waals surface area contributed by atoms with E-state index in [1.165, 1.54) is 89.9 Å². The van der Waals surface area contributed by atoms with Crippen LogP contribution in [0, 0.1) is 0 Å². The summed E-state index contributed by atoms with van der Waals surface area (Å²) < 4.78 is 0. The molecule has 0 rings (SSSR count). The van der Waals surface area contributed by atoms with Gasteiger partial charge in [-0.15, -0.1) is 0 Å². The van der Waals surface area contributed by atoms with Gasteiger partial charge in [0.2, 0.25) is 0 Å². The van der Waals surface area contributed by atoms with Crippen molar-refractivity contribution in [3.8, 4) is 0 Å². The Morgan fingerprint density at radius 1 is 0.469 bits per heavy atom. The van der Waals surface area contributed by atoms with Crippen LogP contribution in [-0.2, 0) is 9.59 Å². The van der Waals surface area contributed by atoms with Gasteiger partial charge in [0.05, 0.1) is 0 Å². The standard InChI is InChI=1S/C16H30O2.C12H22O2/c1-3-4-5-6-7-8-9-10-11-12-13-14-15(2)16(17)18;1-3-4-5-6-7-8-9-10-11(2)12(13)14/h2-14H2,1H3,(H,17,18);2-10H2,1H3,(H,13,14). The van der Waals surface area contributed by atoms with E-state index < -0.39 is 11.9 Å². The number of aliphatic carboxylic acids is 2. The van der Waals surface area contributed by atoms with Gasteiger partial charge in [0, 0.05) is 11.1 Å². The fraction of sp³-hybridized carbons (Fsp3) is 0.786. The van der Waals surface area contributed by atoms with Gasteiger partial charge in [-0.2, -0.15) is 0 Å². The Hall–Kier alpha value is -1.58. The summed E-state index contributed by atoms with van der Waals surface area (Å²) in [6.07, 6.45) is 24.1. The zero-order valence-electron chi connectivity index (χ0n) is 21.3. The first-order valence-corrected chi connectivity index (χ1v) is 13.2. The first-order chi connectivity index (χ1) is 15.4. The molecule has 0 amide bonds. The van der Waals surface area contributed by atoms with Crippen molar-refractivity contribution >= 4 is 11.9 Å². The van der Waals surface area contributed by atoms with Crippen molar-refractivity contribution in [3.05, 3.63) is 24.3 Å². The van der Waals surface area contributed by atoms with Gasteiger partial charge in [-0.1, -0.05) is 130 Å². The molecule has 0 unspecified atom stereocenters. The lowest BCUT2D eigenvalue weighted by Gasteiger charge is -2.02. The number of rotatable bonds is 22. The van der Waals surface area contributed by atoms with Gasteiger partial charge >= 0.3 is 11.9 Å². The van der Waals surface area contributed by atoms with E-state index >= 15 is 0 Å². The molecule has 188 valence electrons. The molecule has 0 saturated carbocycles. The summed E-state index contributed by atoms with van der Waals surface area (Å²) in [6.45, 7) is 11.5. The van der Waals surface area contributed by atoms with Crippen molar-refractivity contribution in [2.24, 2.45) is 0 Å². The first-order valence-electron chi connectivity index (χ1n) is 13.2. The van der Waals surface area contributed by atoms with Crippen LogP contribution in [0.2, 0.25) is 0 Å². The maximum Gasteiger partial charge on any atom is 0.330 e. The Bertz CT molecular complexity index is 482. The monoisotopic (exact) mass is 452 g/mol. The molecule has 0 aromatic heterocycles. The Morgan fingerprint density at radius 2 is 0.688 bits per heavy atom. The lowest BCUT2D eigenvalue weighted by atomic mass is 10.0. The van der Waals surface area contributed by atoms with Gasteiger partial charge in [0.15, 0.2) is 0 Å². The zero-order valence-corrected chi connectivity index (χ0v) is 21.3. The van der Waals surface area contributed by atoms with Crippen LogP contribution in [-0.4, -0.2) is 22.2 Å². The quantitative estimate of drug-likeness (QED) is 0.127. The second-order valence-corrected chi connectivity index (χ2v) is 8.97. The molecule has 0 aliphatic rings.